The average molecular weight is 271 g/mol. The molecular weight excluding hydrogens is 253 g/mol. The van der Waals surface area contributed by atoms with Crippen molar-refractivity contribution in [2.24, 2.45) is 11.5 Å². The fraction of sp³-hybridized carbons (Fsp3) is 1.00. The second-order valence-electron chi connectivity index (χ2n) is 3.43. The Balaban J connectivity index is 0.000000557. The molecule has 17 heavy (non-hydrogen) atoms. The van der Waals surface area contributed by atoms with Crippen LogP contribution in [0.1, 0.15) is 13.3 Å². The fourth-order valence-corrected chi connectivity index (χ4v) is 1.80. The van der Waals surface area contributed by atoms with Crippen LogP contribution in [0.25, 0.3) is 0 Å². The molecule has 1 saturated heterocycles. The van der Waals surface area contributed by atoms with E-state index in [-0.39, 0.29) is 19.6 Å². The molecule has 0 aromatic carbocycles. The third-order valence-corrected chi connectivity index (χ3v) is 3.12. The van der Waals surface area contributed by atoms with Gasteiger partial charge in [-0.3, -0.25) is 19.2 Å². The summed E-state index contributed by atoms with van der Waals surface area (Å²) >= 11 is 0. The van der Waals surface area contributed by atoms with Crippen molar-refractivity contribution < 1.29 is 23.4 Å². The summed E-state index contributed by atoms with van der Waals surface area (Å²) < 4.78 is 19.5. The Labute approximate surface area is 98.8 Å². The minimum Gasteiger partial charge on any atom is -0.329 e. The highest BCUT2D eigenvalue weighted by Gasteiger charge is 2.49. The van der Waals surface area contributed by atoms with Gasteiger partial charge >= 0.3 is 7.82 Å². The zero-order valence-electron chi connectivity index (χ0n) is 9.57. The zero-order valence-corrected chi connectivity index (χ0v) is 10.5. The van der Waals surface area contributed by atoms with Gasteiger partial charge in [-0.1, -0.05) is 6.92 Å². The van der Waals surface area contributed by atoms with Crippen LogP contribution in [0.2, 0.25) is 0 Å². The average Bonchev–Trinajstić information content (AvgIpc) is 2.30. The van der Waals surface area contributed by atoms with Crippen molar-refractivity contribution in [3.63, 3.8) is 0 Å². The third kappa shape index (κ3) is 5.07. The molecule has 0 radical (unpaired) electrons. The van der Waals surface area contributed by atoms with E-state index in [1.165, 1.54) is 0 Å². The van der Waals surface area contributed by atoms with Crippen LogP contribution in [-0.2, 0) is 13.6 Å². The number of nitrogens with zero attached hydrogens (tertiary/aromatic N) is 1. The van der Waals surface area contributed by atoms with Gasteiger partial charge in [-0.05, 0) is 0 Å². The van der Waals surface area contributed by atoms with Gasteiger partial charge in [0.15, 0.2) is 0 Å². The lowest BCUT2D eigenvalue weighted by atomic mass is 10.0. The normalized spacial score (nSPS) is 32.5. The molecule has 9 nitrogen and oxygen atoms in total. The highest BCUT2D eigenvalue weighted by atomic mass is 31.2. The predicted octanol–water partition coefficient (Wildman–Crippen LogP) is -0.537. The second kappa shape index (κ2) is 7.00. The number of hydrogen-bond acceptors (Lipinski definition) is 7. The van der Waals surface area contributed by atoms with Crippen LogP contribution in [-0.4, -0.2) is 41.7 Å². The molecule has 1 rings (SSSR count). The van der Waals surface area contributed by atoms with Crippen molar-refractivity contribution in [2.45, 2.75) is 18.9 Å². The van der Waals surface area contributed by atoms with Crippen LogP contribution >= 0.6 is 7.82 Å². The summed E-state index contributed by atoms with van der Waals surface area (Å²) in [4.78, 5) is 18.8. The Morgan fingerprint density at radius 1 is 1.41 bits per heavy atom. The highest BCUT2D eigenvalue weighted by Crippen LogP contribution is 2.48. The SMILES string of the molecule is CCC1([N+](=O)[O-])COP(=O)(O)OC1.NCCN. The van der Waals surface area contributed by atoms with Crippen LogP contribution in [0.5, 0.6) is 0 Å². The number of nitro groups is 1. The molecule has 0 spiro atoms. The topological polar surface area (TPSA) is 151 Å². The molecule has 1 aliphatic rings. The van der Waals surface area contributed by atoms with Gasteiger partial charge in [0.05, 0.1) is 0 Å². The van der Waals surface area contributed by atoms with Gasteiger partial charge in [0.2, 0.25) is 0 Å². The molecule has 0 aliphatic carbocycles. The Kier molecular flexibility index (Phi) is 6.76. The van der Waals surface area contributed by atoms with E-state index < -0.39 is 18.3 Å². The monoisotopic (exact) mass is 271 g/mol. The Bertz CT molecular complexity index is 285. The molecule has 102 valence electrons. The molecule has 10 heteroatoms. The summed E-state index contributed by atoms with van der Waals surface area (Å²) in [6, 6.07) is 0. The Morgan fingerprint density at radius 3 is 2.06 bits per heavy atom. The first-order chi connectivity index (χ1) is 7.83. The minimum atomic E-state index is -4.02. The van der Waals surface area contributed by atoms with Gasteiger partial charge in [0.25, 0.3) is 5.54 Å². The first-order valence-electron chi connectivity index (χ1n) is 5.00. The molecule has 1 heterocycles. The molecule has 0 aromatic rings. The molecule has 0 saturated carbocycles. The van der Waals surface area contributed by atoms with Crippen molar-refractivity contribution >= 4 is 7.82 Å². The van der Waals surface area contributed by atoms with Gasteiger partial charge in [0, 0.05) is 24.4 Å². The zero-order chi connectivity index (χ0) is 13.5. The van der Waals surface area contributed by atoms with Gasteiger partial charge in [0.1, 0.15) is 13.2 Å². The fourth-order valence-electron chi connectivity index (χ4n) is 0.921. The maximum absolute atomic E-state index is 10.7. The molecule has 5 N–H and O–H groups in total. The summed E-state index contributed by atoms with van der Waals surface area (Å²) in [5.41, 5.74) is 8.43. The molecular formula is C7H18N3O6P. The molecule has 0 unspecified atom stereocenters. The van der Waals surface area contributed by atoms with Crippen LogP contribution in [0, 0.1) is 10.1 Å². The summed E-state index contributed by atoms with van der Waals surface area (Å²) in [6.45, 7) is 2.03. The minimum absolute atomic E-state index is 0.194. The van der Waals surface area contributed by atoms with Crippen molar-refractivity contribution in [3.8, 4) is 0 Å². The summed E-state index contributed by atoms with van der Waals surface area (Å²) in [6.07, 6.45) is 0.194. The van der Waals surface area contributed by atoms with Gasteiger partial charge in [-0.15, -0.1) is 0 Å². The van der Waals surface area contributed by atoms with Crippen LogP contribution in [0.3, 0.4) is 0 Å². The van der Waals surface area contributed by atoms with E-state index in [4.69, 9.17) is 16.4 Å². The molecule has 1 aliphatic heterocycles. The van der Waals surface area contributed by atoms with Crippen LogP contribution in [0.4, 0.5) is 0 Å². The van der Waals surface area contributed by atoms with E-state index in [2.05, 4.69) is 9.05 Å². The summed E-state index contributed by atoms with van der Waals surface area (Å²) in [5, 5.41) is 10.6. The maximum atomic E-state index is 10.7. The molecule has 0 aromatic heterocycles. The number of phosphoric acid groups is 1. The quantitative estimate of drug-likeness (QED) is 0.351. The number of rotatable bonds is 3. The molecule has 1 fully saturated rings. The van der Waals surface area contributed by atoms with Gasteiger partial charge < -0.3 is 16.4 Å². The van der Waals surface area contributed by atoms with Gasteiger partial charge in [-0.25, -0.2) is 4.57 Å². The number of hydrogen-bond donors (Lipinski definition) is 3. The molecule has 0 atom stereocenters. The standard InChI is InChI=1S/C5H10NO6P.C2H8N2/c1-2-5(6(7)8)3-11-13(9,10)12-4-5;3-1-2-4/h2-4H2,1H3,(H,9,10);1-4H2. The Morgan fingerprint density at radius 2 is 1.82 bits per heavy atom. The summed E-state index contributed by atoms with van der Waals surface area (Å²) in [5.74, 6) is 0. The first-order valence-corrected chi connectivity index (χ1v) is 6.49. The van der Waals surface area contributed by atoms with Gasteiger partial charge in [-0.2, -0.15) is 0 Å². The number of phosphoric ester groups is 1. The second-order valence-corrected chi connectivity index (χ2v) is 4.88. The lowest BCUT2D eigenvalue weighted by Gasteiger charge is -2.29. The Hall–Kier alpha value is -0.570. The van der Waals surface area contributed by atoms with E-state index in [1.54, 1.807) is 6.92 Å². The van der Waals surface area contributed by atoms with Crippen LogP contribution in [0.15, 0.2) is 0 Å². The van der Waals surface area contributed by atoms with E-state index in [1.807, 2.05) is 0 Å². The van der Waals surface area contributed by atoms with Crippen molar-refractivity contribution in [2.75, 3.05) is 26.3 Å². The number of nitrogens with two attached hydrogens (primary N) is 2. The maximum Gasteiger partial charge on any atom is 0.472 e. The van der Waals surface area contributed by atoms with Crippen molar-refractivity contribution in [3.05, 3.63) is 10.1 Å². The third-order valence-electron chi connectivity index (χ3n) is 2.20. The lowest BCUT2D eigenvalue weighted by Crippen LogP contribution is -2.48. The highest BCUT2D eigenvalue weighted by molar-refractivity contribution is 7.47. The van der Waals surface area contributed by atoms with Crippen molar-refractivity contribution in [1.29, 1.82) is 0 Å². The smallest absolute Gasteiger partial charge is 0.329 e. The van der Waals surface area contributed by atoms with E-state index >= 15 is 0 Å². The van der Waals surface area contributed by atoms with Crippen molar-refractivity contribution in [1.82, 2.24) is 0 Å². The molecule has 0 bridgehead atoms. The van der Waals surface area contributed by atoms with E-state index in [0.29, 0.717) is 13.1 Å². The predicted molar refractivity (Wildman–Crippen MR) is 59.9 cm³/mol. The van der Waals surface area contributed by atoms with E-state index in [0.717, 1.165) is 0 Å². The van der Waals surface area contributed by atoms with E-state index in [9.17, 15) is 14.7 Å². The lowest BCUT2D eigenvalue weighted by molar-refractivity contribution is -0.579. The molecule has 0 amide bonds. The van der Waals surface area contributed by atoms with Crippen LogP contribution < -0.4 is 11.5 Å². The summed E-state index contributed by atoms with van der Waals surface area (Å²) in [7, 11) is -4.02. The largest absolute Gasteiger partial charge is 0.472 e. The first kappa shape index (κ1) is 16.4.